The second-order valence-corrected chi connectivity index (χ2v) is 4.16. The topological polar surface area (TPSA) is 9.23 Å². The molecule has 0 aromatic rings. The Morgan fingerprint density at radius 2 is 2.00 bits per heavy atom. The van der Waals surface area contributed by atoms with E-state index in [1.165, 1.54) is 12.8 Å². The lowest BCUT2D eigenvalue weighted by atomic mass is 9.46. The molecule has 0 radical (unpaired) electrons. The van der Waals surface area contributed by atoms with Crippen molar-refractivity contribution >= 4 is 0 Å². The van der Waals surface area contributed by atoms with Crippen molar-refractivity contribution in [3.8, 4) is 0 Å². The van der Waals surface area contributed by atoms with Crippen LogP contribution < -0.4 is 0 Å². The standard InChI is InChI=1S/C10H14O.C2H6/c1-11-9-5-8-6-3-2-4-7(6)10(8)9;1-2/h2,4,6-10H,3,5H2,1H3;1-2H3. The van der Waals surface area contributed by atoms with E-state index in [0.717, 1.165) is 23.7 Å². The van der Waals surface area contributed by atoms with Gasteiger partial charge in [-0.25, -0.2) is 0 Å². The van der Waals surface area contributed by atoms with Gasteiger partial charge in [-0.3, -0.25) is 0 Å². The van der Waals surface area contributed by atoms with Gasteiger partial charge in [0.15, 0.2) is 0 Å². The minimum Gasteiger partial charge on any atom is -0.381 e. The minimum atomic E-state index is 0.601. The van der Waals surface area contributed by atoms with Gasteiger partial charge < -0.3 is 4.74 Å². The summed E-state index contributed by atoms with van der Waals surface area (Å²) in [5.74, 6) is 3.86. The molecule has 0 N–H and O–H groups in total. The van der Waals surface area contributed by atoms with Crippen LogP contribution in [0.25, 0.3) is 0 Å². The fourth-order valence-corrected chi connectivity index (χ4v) is 3.33. The number of fused-ring (bicyclic) bond motifs is 4. The van der Waals surface area contributed by atoms with Gasteiger partial charge in [-0.1, -0.05) is 26.0 Å². The van der Waals surface area contributed by atoms with Crippen molar-refractivity contribution in [1.29, 1.82) is 0 Å². The number of hydrogen-bond donors (Lipinski definition) is 0. The van der Waals surface area contributed by atoms with Crippen LogP contribution in [0, 0.1) is 23.7 Å². The zero-order valence-corrected chi connectivity index (χ0v) is 8.86. The Labute approximate surface area is 81.2 Å². The van der Waals surface area contributed by atoms with Crippen LogP contribution in [0.3, 0.4) is 0 Å². The summed E-state index contributed by atoms with van der Waals surface area (Å²) in [5, 5.41) is 0. The first-order valence-electron chi connectivity index (χ1n) is 5.61. The molecule has 5 atom stereocenters. The van der Waals surface area contributed by atoms with Gasteiger partial charge in [0.1, 0.15) is 0 Å². The Morgan fingerprint density at radius 1 is 1.23 bits per heavy atom. The van der Waals surface area contributed by atoms with Crippen LogP contribution >= 0.6 is 0 Å². The molecule has 3 aliphatic rings. The molecule has 3 aliphatic carbocycles. The maximum atomic E-state index is 5.39. The molecule has 0 amide bonds. The van der Waals surface area contributed by atoms with E-state index in [2.05, 4.69) is 12.2 Å². The van der Waals surface area contributed by atoms with Gasteiger partial charge in [0.05, 0.1) is 6.10 Å². The van der Waals surface area contributed by atoms with Gasteiger partial charge in [0.2, 0.25) is 0 Å². The monoisotopic (exact) mass is 180 g/mol. The van der Waals surface area contributed by atoms with Gasteiger partial charge >= 0.3 is 0 Å². The van der Waals surface area contributed by atoms with Crippen LogP contribution in [0.4, 0.5) is 0 Å². The van der Waals surface area contributed by atoms with E-state index in [1.807, 2.05) is 21.0 Å². The molecule has 0 saturated heterocycles. The van der Waals surface area contributed by atoms with E-state index >= 15 is 0 Å². The third-order valence-electron chi connectivity index (χ3n) is 3.99. The van der Waals surface area contributed by atoms with Crippen LogP contribution in [0.15, 0.2) is 12.2 Å². The summed E-state index contributed by atoms with van der Waals surface area (Å²) in [7, 11) is 1.85. The van der Waals surface area contributed by atoms with Crippen LogP contribution in [0.5, 0.6) is 0 Å². The molecular weight excluding hydrogens is 160 g/mol. The molecule has 74 valence electrons. The number of rotatable bonds is 1. The highest BCUT2D eigenvalue weighted by atomic mass is 16.5. The normalized spacial score (nSPS) is 49.3. The fraction of sp³-hybridized carbons (Fsp3) is 0.833. The van der Waals surface area contributed by atoms with Crippen molar-refractivity contribution < 1.29 is 4.74 Å². The molecule has 5 unspecified atom stereocenters. The summed E-state index contributed by atoms with van der Waals surface area (Å²) >= 11 is 0. The first-order chi connectivity index (χ1) is 6.42. The summed E-state index contributed by atoms with van der Waals surface area (Å²) < 4.78 is 5.39. The number of ether oxygens (including phenoxy) is 1. The molecule has 0 bridgehead atoms. The molecule has 3 rings (SSSR count). The summed E-state index contributed by atoms with van der Waals surface area (Å²) in [6.07, 6.45) is 8.06. The van der Waals surface area contributed by atoms with Crippen molar-refractivity contribution in [2.45, 2.75) is 32.8 Å². The first kappa shape index (κ1) is 9.26. The molecule has 0 heterocycles. The van der Waals surface area contributed by atoms with E-state index in [9.17, 15) is 0 Å². The summed E-state index contributed by atoms with van der Waals surface area (Å²) in [6.45, 7) is 4.00. The average molecular weight is 180 g/mol. The van der Waals surface area contributed by atoms with Crippen molar-refractivity contribution in [3.63, 3.8) is 0 Å². The molecule has 2 saturated carbocycles. The first-order valence-corrected chi connectivity index (χ1v) is 5.61. The Kier molecular flexibility index (Phi) is 2.46. The molecule has 1 heteroatoms. The van der Waals surface area contributed by atoms with E-state index in [-0.39, 0.29) is 0 Å². The number of hydrogen-bond acceptors (Lipinski definition) is 1. The second-order valence-electron chi connectivity index (χ2n) is 4.16. The van der Waals surface area contributed by atoms with Gasteiger partial charge in [-0.05, 0) is 36.5 Å². The van der Waals surface area contributed by atoms with E-state index in [0.29, 0.717) is 6.10 Å². The predicted molar refractivity (Wildman–Crippen MR) is 54.5 cm³/mol. The van der Waals surface area contributed by atoms with Crippen LogP contribution in [-0.2, 0) is 4.74 Å². The van der Waals surface area contributed by atoms with Crippen molar-refractivity contribution in [2.75, 3.05) is 7.11 Å². The number of methoxy groups -OCH3 is 1. The van der Waals surface area contributed by atoms with Gasteiger partial charge in [0.25, 0.3) is 0 Å². The third kappa shape index (κ3) is 1.10. The minimum absolute atomic E-state index is 0.601. The third-order valence-corrected chi connectivity index (χ3v) is 3.99. The van der Waals surface area contributed by atoms with Crippen molar-refractivity contribution in [3.05, 3.63) is 12.2 Å². The Morgan fingerprint density at radius 3 is 2.69 bits per heavy atom. The second kappa shape index (κ2) is 3.45. The summed E-state index contributed by atoms with van der Waals surface area (Å²) in [4.78, 5) is 0. The SMILES string of the molecule is CC.COC1CC2C3CC=CC3C12. The van der Waals surface area contributed by atoms with Gasteiger partial charge in [-0.15, -0.1) is 0 Å². The molecule has 0 aromatic carbocycles. The van der Waals surface area contributed by atoms with E-state index in [1.54, 1.807) is 0 Å². The quantitative estimate of drug-likeness (QED) is 0.564. The van der Waals surface area contributed by atoms with Crippen LogP contribution in [-0.4, -0.2) is 13.2 Å². The van der Waals surface area contributed by atoms with Crippen molar-refractivity contribution in [2.24, 2.45) is 23.7 Å². The summed E-state index contributed by atoms with van der Waals surface area (Å²) in [6, 6.07) is 0. The van der Waals surface area contributed by atoms with Gasteiger partial charge in [-0.2, -0.15) is 0 Å². The predicted octanol–water partition coefficient (Wildman–Crippen LogP) is 2.87. The smallest absolute Gasteiger partial charge is 0.0610 e. The zero-order valence-electron chi connectivity index (χ0n) is 8.86. The molecule has 1 nitrogen and oxygen atoms in total. The lowest BCUT2D eigenvalue weighted by molar-refractivity contribution is -0.179. The average Bonchev–Trinajstić information content (AvgIpc) is 2.53. The Balaban J connectivity index is 0.000000308. The number of allylic oxidation sites excluding steroid dienone is 2. The lowest BCUT2D eigenvalue weighted by Gasteiger charge is -2.60. The van der Waals surface area contributed by atoms with E-state index in [4.69, 9.17) is 4.74 Å². The Bertz CT molecular complexity index is 209. The zero-order chi connectivity index (χ0) is 9.42. The molecule has 13 heavy (non-hydrogen) atoms. The van der Waals surface area contributed by atoms with Crippen molar-refractivity contribution in [1.82, 2.24) is 0 Å². The Hall–Kier alpha value is -0.300. The van der Waals surface area contributed by atoms with Gasteiger partial charge in [0, 0.05) is 7.11 Å². The molecule has 0 spiro atoms. The summed E-state index contributed by atoms with van der Waals surface area (Å²) in [5.41, 5.74) is 0. The highest BCUT2D eigenvalue weighted by Gasteiger charge is 2.60. The molecule has 0 aliphatic heterocycles. The highest BCUT2D eigenvalue weighted by Crippen LogP contribution is 2.62. The van der Waals surface area contributed by atoms with Crippen LogP contribution in [0.1, 0.15) is 26.7 Å². The molecular formula is C12H20O. The highest BCUT2D eigenvalue weighted by molar-refractivity contribution is 5.20. The maximum Gasteiger partial charge on any atom is 0.0610 e. The fourth-order valence-electron chi connectivity index (χ4n) is 3.33. The largest absolute Gasteiger partial charge is 0.381 e. The van der Waals surface area contributed by atoms with Crippen LogP contribution in [0.2, 0.25) is 0 Å². The van der Waals surface area contributed by atoms with E-state index < -0.39 is 0 Å². The molecule has 2 fully saturated rings. The lowest BCUT2D eigenvalue weighted by Crippen LogP contribution is -2.60. The molecule has 0 aromatic heterocycles. The maximum absolute atomic E-state index is 5.39.